The Bertz CT molecular complexity index is 437. The number of thiocarbonyl (C=S) groups is 1. The third kappa shape index (κ3) is 6.83. The van der Waals surface area contributed by atoms with Crippen LogP contribution >= 0.6 is 23.8 Å². The van der Waals surface area contributed by atoms with E-state index < -0.39 is 0 Å². The maximum Gasteiger partial charge on any atom is 0.276 e. The quantitative estimate of drug-likeness (QED) is 0.583. The monoisotopic (exact) mass is 301 g/mol. The second-order valence-electron chi connectivity index (χ2n) is 4.04. The normalized spacial score (nSPS) is 9.89. The minimum absolute atomic E-state index is 0.112. The van der Waals surface area contributed by atoms with Gasteiger partial charge in [0.2, 0.25) is 0 Å². The molecule has 0 fully saturated rings. The van der Waals surface area contributed by atoms with Crippen LogP contribution in [-0.4, -0.2) is 23.7 Å². The van der Waals surface area contributed by atoms with Gasteiger partial charge in [-0.2, -0.15) is 0 Å². The molecule has 1 aromatic rings. The number of rotatable bonds is 4. The maximum absolute atomic E-state index is 11.5. The molecule has 0 atom stereocenters. The Morgan fingerprint density at radius 3 is 2.53 bits per heavy atom. The second-order valence-corrected chi connectivity index (χ2v) is 4.89. The van der Waals surface area contributed by atoms with Crippen LogP contribution in [-0.2, 0) is 4.79 Å². The van der Waals surface area contributed by atoms with E-state index in [-0.39, 0.29) is 18.6 Å². The first kappa shape index (κ1) is 15.5. The molecule has 0 saturated carbocycles. The van der Waals surface area contributed by atoms with E-state index in [0.717, 1.165) is 0 Å². The molecule has 1 aromatic carbocycles. The Hall–Kier alpha value is -1.53. The van der Waals surface area contributed by atoms with Crippen molar-refractivity contribution in [2.75, 3.05) is 6.61 Å². The highest BCUT2D eigenvalue weighted by Gasteiger charge is 2.04. The molecule has 7 heteroatoms. The zero-order valence-electron chi connectivity index (χ0n) is 10.7. The molecule has 0 aliphatic carbocycles. The number of nitrogens with one attached hydrogen (secondary N) is 3. The number of hydrazine groups is 1. The maximum atomic E-state index is 11.5. The average Bonchev–Trinajstić information content (AvgIpc) is 2.35. The third-order valence-electron chi connectivity index (χ3n) is 1.92. The van der Waals surface area contributed by atoms with Gasteiger partial charge in [-0.1, -0.05) is 11.6 Å². The number of halogens is 1. The van der Waals surface area contributed by atoms with Gasteiger partial charge in [0, 0.05) is 11.1 Å². The first-order valence-electron chi connectivity index (χ1n) is 5.71. The van der Waals surface area contributed by atoms with Crippen LogP contribution in [0.4, 0.5) is 0 Å². The van der Waals surface area contributed by atoms with Gasteiger partial charge in [-0.3, -0.25) is 15.6 Å². The lowest BCUT2D eigenvalue weighted by Gasteiger charge is -2.14. The van der Waals surface area contributed by atoms with Crippen molar-refractivity contribution in [1.29, 1.82) is 0 Å². The molecular formula is C12H16ClN3O2S. The van der Waals surface area contributed by atoms with Crippen molar-refractivity contribution in [3.8, 4) is 5.75 Å². The van der Waals surface area contributed by atoms with Crippen LogP contribution in [0.1, 0.15) is 13.8 Å². The van der Waals surface area contributed by atoms with Crippen LogP contribution in [0.15, 0.2) is 24.3 Å². The molecule has 0 spiro atoms. The van der Waals surface area contributed by atoms with Crippen LogP contribution in [0.25, 0.3) is 0 Å². The number of carbonyl (C=O) groups is 1. The molecule has 1 rings (SSSR count). The number of benzene rings is 1. The first-order chi connectivity index (χ1) is 8.97. The summed E-state index contributed by atoms with van der Waals surface area (Å²) in [6.45, 7) is 3.78. The lowest BCUT2D eigenvalue weighted by Crippen LogP contribution is -2.49. The zero-order valence-corrected chi connectivity index (χ0v) is 12.3. The van der Waals surface area contributed by atoms with Gasteiger partial charge in [0.15, 0.2) is 11.7 Å². The van der Waals surface area contributed by atoms with Crippen LogP contribution in [0.5, 0.6) is 5.75 Å². The summed E-state index contributed by atoms with van der Waals surface area (Å²) in [5.41, 5.74) is 5.00. The fraction of sp³-hybridized carbons (Fsp3) is 0.333. The molecule has 0 radical (unpaired) electrons. The lowest BCUT2D eigenvalue weighted by molar-refractivity contribution is -0.123. The van der Waals surface area contributed by atoms with Crippen molar-refractivity contribution in [2.24, 2.45) is 0 Å². The Kier molecular flexibility index (Phi) is 6.38. The van der Waals surface area contributed by atoms with Gasteiger partial charge >= 0.3 is 0 Å². The summed E-state index contributed by atoms with van der Waals surface area (Å²) in [7, 11) is 0. The standard InChI is InChI=1S/C12H16ClN3O2S/c1-8(2)14-12(19)16-15-11(17)7-18-10-5-3-9(13)4-6-10/h3-6,8H,7H2,1-2H3,(H,15,17)(H2,14,16,19). The van der Waals surface area contributed by atoms with E-state index in [9.17, 15) is 4.79 Å². The number of ether oxygens (including phenoxy) is 1. The smallest absolute Gasteiger partial charge is 0.276 e. The van der Waals surface area contributed by atoms with Crippen molar-refractivity contribution in [3.05, 3.63) is 29.3 Å². The Labute approximate surface area is 122 Å². The van der Waals surface area contributed by atoms with E-state index in [0.29, 0.717) is 15.9 Å². The SMILES string of the molecule is CC(C)NC(=S)NNC(=O)COc1ccc(Cl)cc1. The molecule has 0 unspecified atom stereocenters. The van der Waals surface area contributed by atoms with Crippen LogP contribution < -0.4 is 20.9 Å². The van der Waals surface area contributed by atoms with Gasteiger partial charge in [0.05, 0.1) is 0 Å². The predicted octanol–water partition coefficient (Wildman–Crippen LogP) is 1.62. The molecule has 0 aromatic heterocycles. The molecular weight excluding hydrogens is 286 g/mol. The van der Waals surface area contributed by atoms with Gasteiger partial charge in [-0.05, 0) is 50.3 Å². The van der Waals surface area contributed by atoms with Crippen molar-refractivity contribution in [3.63, 3.8) is 0 Å². The minimum atomic E-state index is -0.331. The number of hydrogen-bond donors (Lipinski definition) is 3. The molecule has 0 saturated heterocycles. The molecule has 5 nitrogen and oxygen atoms in total. The second kappa shape index (κ2) is 7.81. The Balaban J connectivity index is 2.24. The number of hydrogen-bond acceptors (Lipinski definition) is 3. The Morgan fingerprint density at radius 1 is 1.32 bits per heavy atom. The molecule has 19 heavy (non-hydrogen) atoms. The minimum Gasteiger partial charge on any atom is -0.484 e. The summed E-state index contributed by atoms with van der Waals surface area (Å²) in [5.74, 6) is 0.241. The van der Waals surface area contributed by atoms with Crippen molar-refractivity contribution < 1.29 is 9.53 Å². The number of amides is 1. The summed E-state index contributed by atoms with van der Waals surface area (Å²) in [6, 6.07) is 6.95. The Morgan fingerprint density at radius 2 is 1.95 bits per heavy atom. The van der Waals surface area contributed by atoms with E-state index in [1.165, 1.54) is 0 Å². The molecule has 0 aliphatic heterocycles. The zero-order chi connectivity index (χ0) is 14.3. The van der Waals surface area contributed by atoms with Crippen molar-refractivity contribution in [2.45, 2.75) is 19.9 Å². The summed E-state index contributed by atoms with van der Waals surface area (Å²) in [6.07, 6.45) is 0. The van der Waals surface area contributed by atoms with E-state index in [1.54, 1.807) is 24.3 Å². The average molecular weight is 302 g/mol. The fourth-order valence-electron chi connectivity index (χ4n) is 1.14. The van der Waals surface area contributed by atoms with Gasteiger partial charge in [-0.15, -0.1) is 0 Å². The third-order valence-corrected chi connectivity index (χ3v) is 2.39. The highest BCUT2D eigenvalue weighted by Crippen LogP contribution is 2.15. The summed E-state index contributed by atoms with van der Waals surface area (Å²) >= 11 is 10.7. The predicted molar refractivity (Wildman–Crippen MR) is 79.1 cm³/mol. The van der Waals surface area contributed by atoms with Crippen molar-refractivity contribution in [1.82, 2.24) is 16.2 Å². The van der Waals surface area contributed by atoms with Crippen LogP contribution in [0.3, 0.4) is 0 Å². The van der Waals surface area contributed by atoms with E-state index >= 15 is 0 Å². The molecule has 0 bridgehead atoms. The summed E-state index contributed by atoms with van der Waals surface area (Å²) in [4.78, 5) is 11.5. The highest BCUT2D eigenvalue weighted by atomic mass is 35.5. The van der Waals surface area contributed by atoms with Crippen molar-refractivity contribution >= 4 is 34.8 Å². The first-order valence-corrected chi connectivity index (χ1v) is 6.49. The molecule has 1 amide bonds. The van der Waals surface area contributed by atoms with E-state index in [4.69, 9.17) is 28.6 Å². The lowest BCUT2D eigenvalue weighted by atomic mass is 10.3. The van der Waals surface area contributed by atoms with E-state index in [2.05, 4.69) is 16.2 Å². The van der Waals surface area contributed by atoms with Gasteiger partial charge in [-0.25, -0.2) is 0 Å². The van der Waals surface area contributed by atoms with Gasteiger partial charge < -0.3 is 10.1 Å². The van der Waals surface area contributed by atoms with Crippen LogP contribution in [0.2, 0.25) is 5.02 Å². The van der Waals surface area contributed by atoms with Gasteiger partial charge in [0.1, 0.15) is 5.75 Å². The van der Waals surface area contributed by atoms with E-state index in [1.807, 2.05) is 13.8 Å². The topological polar surface area (TPSA) is 62.4 Å². The summed E-state index contributed by atoms with van der Waals surface area (Å²) < 4.78 is 5.26. The van der Waals surface area contributed by atoms with Gasteiger partial charge in [0.25, 0.3) is 5.91 Å². The number of carbonyl (C=O) groups excluding carboxylic acids is 1. The highest BCUT2D eigenvalue weighted by molar-refractivity contribution is 7.80. The molecule has 0 heterocycles. The largest absolute Gasteiger partial charge is 0.484 e. The van der Waals surface area contributed by atoms with Crippen LogP contribution in [0, 0.1) is 0 Å². The molecule has 3 N–H and O–H groups in total. The molecule has 104 valence electrons. The summed E-state index contributed by atoms with van der Waals surface area (Å²) in [5, 5.41) is 3.90. The molecule has 0 aliphatic rings. The fourth-order valence-corrected chi connectivity index (χ4v) is 1.55.